The van der Waals surface area contributed by atoms with Crippen molar-refractivity contribution in [2.45, 2.75) is 6.54 Å². The van der Waals surface area contributed by atoms with Crippen molar-refractivity contribution in [3.05, 3.63) is 81.4 Å². The van der Waals surface area contributed by atoms with Gasteiger partial charge in [0.15, 0.2) is 5.82 Å². The van der Waals surface area contributed by atoms with Gasteiger partial charge in [-0.1, -0.05) is 54.6 Å². The van der Waals surface area contributed by atoms with Crippen molar-refractivity contribution in [3.63, 3.8) is 0 Å². The molecule has 26 heavy (non-hydrogen) atoms. The van der Waals surface area contributed by atoms with Gasteiger partial charge in [0.05, 0.1) is 15.8 Å². The minimum absolute atomic E-state index is 0.0676. The molecule has 0 aromatic heterocycles. The average Bonchev–Trinajstić information content (AvgIpc) is 2.97. The Morgan fingerprint density at radius 3 is 2.31 bits per heavy atom. The van der Waals surface area contributed by atoms with Crippen LogP contribution >= 0.6 is 34.8 Å². The van der Waals surface area contributed by atoms with E-state index in [1.807, 2.05) is 54.6 Å². The Morgan fingerprint density at radius 1 is 0.962 bits per heavy atom. The minimum atomic E-state index is -0.662. The van der Waals surface area contributed by atoms with Gasteiger partial charge in [0, 0.05) is 6.07 Å². The lowest BCUT2D eigenvalue weighted by Crippen LogP contribution is -2.27. The van der Waals surface area contributed by atoms with Crippen LogP contribution in [0.5, 0.6) is 0 Å². The Kier molecular flexibility index (Phi) is 4.62. The molecular weight excluding hydrogens is 465 g/mol. The summed E-state index contributed by atoms with van der Waals surface area (Å²) in [5.41, 5.74) is 3.71. The first-order chi connectivity index (χ1) is 12.5. The molecule has 1 aliphatic rings. The predicted molar refractivity (Wildman–Crippen MR) is 112 cm³/mol. The smallest absolute Gasteiger partial charge is 0.201 e. The first-order valence-corrected chi connectivity index (χ1v) is 9.38. The predicted octanol–water partition coefficient (Wildman–Crippen LogP) is 5.78. The summed E-state index contributed by atoms with van der Waals surface area (Å²) in [6.07, 6.45) is 0. The molecule has 0 aliphatic carbocycles. The highest BCUT2D eigenvalue weighted by Crippen LogP contribution is 2.39. The molecule has 3 aromatic rings. The summed E-state index contributed by atoms with van der Waals surface area (Å²) in [7, 11) is 0. The number of rotatable bonds is 3. The van der Waals surface area contributed by atoms with Crippen molar-refractivity contribution < 1.29 is 8.78 Å². The summed E-state index contributed by atoms with van der Waals surface area (Å²) in [6.45, 7) is 0.407. The number of nitrogens with zero attached hydrogens (tertiary/aromatic N) is 2. The molecule has 1 heterocycles. The largest absolute Gasteiger partial charge is 0.310 e. The molecule has 0 amide bonds. The third-order valence-electron chi connectivity index (χ3n) is 4.25. The third-order valence-corrected chi connectivity index (χ3v) is 5.55. The van der Waals surface area contributed by atoms with Gasteiger partial charge in [-0.3, -0.25) is 0 Å². The summed E-state index contributed by atoms with van der Waals surface area (Å²) < 4.78 is 28.2. The third kappa shape index (κ3) is 3.07. The Hall–Kier alpha value is -2.06. The molecule has 1 radical (unpaired) electrons. The topological polar surface area (TPSA) is 17.3 Å². The minimum Gasteiger partial charge on any atom is -0.310 e. The average molecular weight is 477 g/mol. The monoisotopic (exact) mass is 477 g/mol. The Labute approximate surface area is 169 Å². The summed E-state index contributed by atoms with van der Waals surface area (Å²) >= 11 is 6.90. The van der Waals surface area contributed by atoms with E-state index < -0.39 is 11.6 Å². The lowest BCUT2D eigenvalue weighted by Gasteiger charge is -2.18. The highest BCUT2D eigenvalue weighted by molar-refractivity contribution is 14.1. The van der Waals surface area contributed by atoms with Crippen molar-refractivity contribution in [1.82, 2.24) is 5.32 Å². The summed E-state index contributed by atoms with van der Waals surface area (Å²) in [4.78, 5) is 1.66. The zero-order valence-electron chi connectivity index (χ0n) is 13.4. The lowest BCUT2D eigenvalue weighted by atomic mass is 10.0. The second kappa shape index (κ2) is 6.92. The highest BCUT2D eigenvalue weighted by atomic mass is 127. The van der Waals surface area contributed by atoms with Crippen molar-refractivity contribution in [2.75, 3.05) is 4.90 Å². The molecule has 0 fully saturated rings. The van der Waals surface area contributed by atoms with Gasteiger partial charge in [-0.25, -0.2) is 14.1 Å². The molecule has 6 heteroatoms. The molecule has 3 aromatic carbocycles. The van der Waals surface area contributed by atoms with Crippen molar-refractivity contribution in [2.24, 2.45) is 0 Å². The number of hydrogen-bond donors (Lipinski definition) is 0. The lowest BCUT2D eigenvalue weighted by molar-refractivity contribution is 0.571. The molecule has 1 aliphatic heterocycles. The Balaban J connectivity index is 1.62. The normalized spacial score (nSPS) is 12.9. The zero-order chi connectivity index (χ0) is 18.3. The van der Waals surface area contributed by atoms with E-state index in [2.05, 4.69) is 5.32 Å². The van der Waals surface area contributed by atoms with Crippen LogP contribution in [0.2, 0.25) is 0 Å². The van der Waals surface area contributed by atoms with E-state index in [-0.39, 0.29) is 14.4 Å². The van der Waals surface area contributed by atoms with Crippen molar-refractivity contribution >= 4 is 51.3 Å². The SMILES string of the molecule is Fc1cc2c(c(F)c1I)[N]C(=S)N2Cc1ccc(-c2ccccc2)cc1. The van der Waals surface area contributed by atoms with Gasteiger partial charge in [0.25, 0.3) is 0 Å². The van der Waals surface area contributed by atoms with Gasteiger partial charge < -0.3 is 4.90 Å². The van der Waals surface area contributed by atoms with E-state index in [9.17, 15) is 8.78 Å². The highest BCUT2D eigenvalue weighted by Gasteiger charge is 2.31. The first kappa shape index (κ1) is 17.4. The maximum Gasteiger partial charge on any atom is 0.201 e. The molecule has 0 atom stereocenters. The molecule has 0 bridgehead atoms. The van der Waals surface area contributed by atoms with Gasteiger partial charge in [-0.2, -0.15) is 0 Å². The number of hydrogen-bond acceptors (Lipinski definition) is 1. The molecule has 0 spiro atoms. The van der Waals surface area contributed by atoms with Crippen LogP contribution in [0.1, 0.15) is 5.56 Å². The summed E-state index contributed by atoms with van der Waals surface area (Å²) in [5, 5.41) is 4.35. The fourth-order valence-corrected chi connectivity index (χ4v) is 3.58. The second-order valence-electron chi connectivity index (χ2n) is 5.90. The van der Waals surface area contributed by atoms with E-state index in [1.165, 1.54) is 6.07 Å². The van der Waals surface area contributed by atoms with Gasteiger partial charge in [0.2, 0.25) is 5.11 Å². The van der Waals surface area contributed by atoms with Crippen LogP contribution < -0.4 is 10.2 Å². The maximum absolute atomic E-state index is 14.3. The van der Waals surface area contributed by atoms with Crippen LogP contribution in [0.3, 0.4) is 0 Å². The fraction of sp³-hybridized carbons (Fsp3) is 0.0500. The van der Waals surface area contributed by atoms with E-state index in [4.69, 9.17) is 12.2 Å². The first-order valence-electron chi connectivity index (χ1n) is 7.89. The van der Waals surface area contributed by atoms with Crippen LogP contribution in [0.15, 0.2) is 60.7 Å². The zero-order valence-corrected chi connectivity index (χ0v) is 16.4. The number of fused-ring (bicyclic) bond motifs is 1. The van der Waals surface area contributed by atoms with Crippen molar-refractivity contribution in [1.29, 1.82) is 0 Å². The van der Waals surface area contributed by atoms with E-state index in [0.29, 0.717) is 12.2 Å². The number of benzene rings is 3. The van der Waals surface area contributed by atoms with E-state index >= 15 is 0 Å². The van der Waals surface area contributed by atoms with Crippen LogP contribution in [0.25, 0.3) is 11.1 Å². The molecule has 129 valence electrons. The fourth-order valence-electron chi connectivity index (χ4n) is 2.91. The van der Waals surface area contributed by atoms with Crippen LogP contribution in [0.4, 0.5) is 20.2 Å². The summed E-state index contributed by atoms with van der Waals surface area (Å²) in [6, 6.07) is 19.4. The van der Waals surface area contributed by atoms with Gasteiger partial charge in [-0.15, -0.1) is 0 Å². The number of halogens is 3. The molecule has 0 saturated carbocycles. The quantitative estimate of drug-likeness (QED) is 0.271. The Morgan fingerprint density at radius 2 is 1.62 bits per heavy atom. The van der Waals surface area contributed by atoms with Gasteiger partial charge in [-0.05, 0) is 51.5 Å². The molecule has 2 nitrogen and oxygen atoms in total. The van der Waals surface area contributed by atoms with E-state index in [1.54, 1.807) is 27.5 Å². The van der Waals surface area contributed by atoms with Gasteiger partial charge in [0.1, 0.15) is 11.5 Å². The van der Waals surface area contributed by atoms with Crippen LogP contribution in [0, 0.1) is 15.2 Å². The van der Waals surface area contributed by atoms with Crippen LogP contribution in [-0.2, 0) is 6.54 Å². The Bertz CT molecular complexity index is 991. The standard InChI is InChI=1S/C20H12F2IN2S/c21-15-10-16-19(17(22)18(15)23)24-20(26)25(16)11-12-6-8-14(9-7-12)13-4-2-1-3-5-13/h1-10H,11H2. The molecule has 0 N–H and O–H groups in total. The van der Waals surface area contributed by atoms with Gasteiger partial charge >= 0.3 is 0 Å². The molecule has 4 rings (SSSR count). The molecular formula is C20H12F2IN2S. The number of anilines is 1. The second-order valence-corrected chi connectivity index (χ2v) is 7.34. The maximum atomic E-state index is 14.3. The number of thiocarbonyl (C=S) groups is 1. The summed E-state index contributed by atoms with van der Waals surface area (Å²) in [5.74, 6) is -1.27. The van der Waals surface area contributed by atoms with Crippen molar-refractivity contribution in [3.8, 4) is 11.1 Å². The van der Waals surface area contributed by atoms with E-state index in [0.717, 1.165) is 16.7 Å². The molecule has 0 saturated heterocycles. The molecule has 0 unspecified atom stereocenters. The van der Waals surface area contributed by atoms with Crippen LogP contribution in [-0.4, -0.2) is 5.11 Å².